The zero-order valence-electron chi connectivity index (χ0n) is 18.3. The van der Waals surface area contributed by atoms with Crippen LogP contribution in [0.15, 0.2) is 46.2 Å². The molecule has 0 saturated heterocycles. The molecule has 3 aromatic rings. The molecule has 0 aliphatic carbocycles. The Bertz CT molecular complexity index is 986. The molecule has 8 nitrogen and oxygen atoms in total. The molecule has 0 radical (unpaired) electrons. The van der Waals surface area contributed by atoms with E-state index in [9.17, 15) is 4.79 Å². The topological polar surface area (TPSA) is 91.4 Å². The SMILES string of the molecule is CCOc1ccc(OCC)c(NC(=O)CSc2nnc(-c3ccco3)n2CC(C)C)c1. The van der Waals surface area contributed by atoms with Gasteiger partial charge in [0, 0.05) is 12.6 Å². The van der Waals surface area contributed by atoms with Crippen LogP contribution < -0.4 is 14.8 Å². The van der Waals surface area contributed by atoms with Crippen LogP contribution in [0.1, 0.15) is 27.7 Å². The largest absolute Gasteiger partial charge is 0.494 e. The molecular formula is C22H28N4O4S. The highest BCUT2D eigenvalue weighted by Gasteiger charge is 2.19. The van der Waals surface area contributed by atoms with Gasteiger partial charge >= 0.3 is 0 Å². The number of carbonyl (C=O) groups is 1. The first-order valence-corrected chi connectivity index (χ1v) is 11.3. The van der Waals surface area contributed by atoms with Gasteiger partial charge in [-0.1, -0.05) is 25.6 Å². The highest BCUT2D eigenvalue weighted by atomic mass is 32.2. The van der Waals surface area contributed by atoms with Gasteiger partial charge < -0.3 is 19.2 Å². The number of thioether (sulfide) groups is 1. The molecule has 166 valence electrons. The molecule has 2 heterocycles. The van der Waals surface area contributed by atoms with Crippen molar-refractivity contribution in [1.82, 2.24) is 14.8 Å². The van der Waals surface area contributed by atoms with Crippen LogP contribution in [-0.2, 0) is 11.3 Å². The molecule has 0 spiro atoms. The van der Waals surface area contributed by atoms with Crippen molar-refractivity contribution < 1.29 is 18.7 Å². The number of anilines is 1. The molecule has 1 aromatic carbocycles. The molecule has 0 atom stereocenters. The summed E-state index contributed by atoms with van der Waals surface area (Å²) in [4.78, 5) is 12.7. The molecule has 2 aromatic heterocycles. The minimum absolute atomic E-state index is 0.168. The zero-order valence-corrected chi connectivity index (χ0v) is 19.1. The fourth-order valence-electron chi connectivity index (χ4n) is 2.97. The van der Waals surface area contributed by atoms with Gasteiger partial charge in [0.1, 0.15) is 11.5 Å². The van der Waals surface area contributed by atoms with Crippen molar-refractivity contribution in [2.45, 2.75) is 39.4 Å². The van der Waals surface area contributed by atoms with Gasteiger partial charge in [-0.25, -0.2) is 0 Å². The summed E-state index contributed by atoms with van der Waals surface area (Å²) in [6.45, 7) is 9.81. The highest BCUT2D eigenvalue weighted by molar-refractivity contribution is 7.99. The van der Waals surface area contributed by atoms with Gasteiger partial charge in [-0.15, -0.1) is 10.2 Å². The Morgan fingerprint density at radius 1 is 1.19 bits per heavy atom. The van der Waals surface area contributed by atoms with Gasteiger partial charge in [0.2, 0.25) is 5.91 Å². The summed E-state index contributed by atoms with van der Waals surface area (Å²) in [6, 6.07) is 9.06. The number of carbonyl (C=O) groups excluding carboxylic acids is 1. The van der Waals surface area contributed by atoms with Crippen molar-refractivity contribution in [3.8, 4) is 23.1 Å². The van der Waals surface area contributed by atoms with Gasteiger partial charge in [-0.05, 0) is 44.0 Å². The van der Waals surface area contributed by atoms with Crippen molar-refractivity contribution in [3.63, 3.8) is 0 Å². The molecule has 3 rings (SSSR count). The molecule has 0 aliphatic rings. The van der Waals surface area contributed by atoms with Crippen molar-refractivity contribution >= 4 is 23.4 Å². The average molecular weight is 445 g/mol. The third-order valence-corrected chi connectivity index (χ3v) is 5.14. The van der Waals surface area contributed by atoms with Crippen molar-refractivity contribution in [2.75, 3.05) is 24.3 Å². The Kier molecular flexibility index (Phi) is 8.00. The normalized spacial score (nSPS) is 11.0. The molecule has 0 saturated carbocycles. The van der Waals surface area contributed by atoms with Gasteiger partial charge in [0.15, 0.2) is 16.7 Å². The molecule has 31 heavy (non-hydrogen) atoms. The second kappa shape index (κ2) is 10.9. The first-order chi connectivity index (χ1) is 15.0. The van der Waals surface area contributed by atoms with Gasteiger partial charge in [0.05, 0.1) is 30.9 Å². The van der Waals surface area contributed by atoms with Crippen molar-refractivity contribution in [1.29, 1.82) is 0 Å². The maximum absolute atomic E-state index is 12.7. The zero-order chi connectivity index (χ0) is 22.2. The number of furan rings is 1. The van der Waals surface area contributed by atoms with Gasteiger partial charge in [0.25, 0.3) is 0 Å². The fraction of sp³-hybridized carbons (Fsp3) is 0.409. The van der Waals surface area contributed by atoms with E-state index < -0.39 is 0 Å². The molecule has 0 unspecified atom stereocenters. The van der Waals surface area contributed by atoms with E-state index in [-0.39, 0.29) is 11.7 Å². The number of nitrogens with zero attached hydrogens (tertiary/aromatic N) is 3. The minimum atomic E-state index is -0.168. The summed E-state index contributed by atoms with van der Waals surface area (Å²) in [5, 5.41) is 12.1. The van der Waals surface area contributed by atoms with Crippen LogP contribution in [-0.4, -0.2) is 39.6 Å². The molecule has 1 amide bonds. The highest BCUT2D eigenvalue weighted by Crippen LogP contribution is 2.30. The molecule has 1 N–H and O–H groups in total. The third-order valence-electron chi connectivity index (χ3n) is 4.17. The van der Waals surface area contributed by atoms with E-state index in [1.807, 2.05) is 36.6 Å². The minimum Gasteiger partial charge on any atom is -0.494 e. The fourth-order valence-corrected chi connectivity index (χ4v) is 3.72. The maximum atomic E-state index is 12.7. The summed E-state index contributed by atoms with van der Waals surface area (Å²) in [6.07, 6.45) is 1.61. The molecule has 0 aliphatic heterocycles. The first-order valence-electron chi connectivity index (χ1n) is 10.3. The number of hydrogen-bond donors (Lipinski definition) is 1. The van der Waals surface area contributed by atoms with Crippen LogP contribution >= 0.6 is 11.8 Å². The van der Waals surface area contributed by atoms with Gasteiger partial charge in [-0.2, -0.15) is 0 Å². The van der Waals surface area contributed by atoms with Crippen LogP contribution in [0.3, 0.4) is 0 Å². The molecular weight excluding hydrogens is 416 g/mol. The van der Waals surface area contributed by atoms with Crippen LogP contribution in [0.5, 0.6) is 11.5 Å². The average Bonchev–Trinajstić information content (AvgIpc) is 3.38. The van der Waals surface area contributed by atoms with E-state index in [0.29, 0.717) is 53.1 Å². The summed E-state index contributed by atoms with van der Waals surface area (Å²) in [7, 11) is 0. The third kappa shape index (κ3) is 6.04. The molecule has 9 heteroatoms. The standard InChI is InChI=1S/C22H28N4O4S/c1-5-28-16-9-10-18(29-6-2)17(12-16)23-20(27)14-31-22-25-24-21(19-8-7-11-30-19)26(22)13-15(3)4/h7-12,15H,5-6,13-14H2,1-4H3,(H,23,27). The Labute approximate surface area is 186 Å². The monoisotopic (exact) mass is 444 g/mol. The summed E-state index contributed by atoms with van der Waals surface area (Å²) in [5.41, 5.74) is 0.582. The predicted molar refractivity (Wildman–Crippen MR) is 121 cm³/mol. The van der Waals surface area contributed by atoms with E-state index in [2.05, 4.69) is 29.4 Å². The van der Waals surface area contributed by atoms with E-state index in [1.165, 1.54) is 11.8 Å². The lowest BCUT2D eigenvalue weighted by atomic mass is 10.2. The summed E-state index contributed by atoms with van der Waals surface area (Å²) in [5.74, 6) is 2.98. The Hall–Kier alpha value is -2.94. The van der Waals surface area contributed by atoms with Crippen LogP contribution in [0, 0.1) is 5.92 Å². The molecule has 0 bridgehead atoms. The lowest BCUT2D eigenvalue weighted by Crippen LogP contribution is -2.16. The quantitative estimate of drug-likeness (QED) is 0.428. The van der Waals surface area contributed by atoms with Crippen molar-refractivity contribution in [3.05, 3.63) is 36.6 Å². The second-order valence-electron chi connectivity index (χ2n) is 7.15. The number of benzene rings is 1. The van der Waals surface area contributed by atoms with E-state index in [0.717, 1.165) is 6.54 Å². The van der Waals surface area contributed by atoms with Crippen molar-refractivity contribution in [2.24, 2.45) is 5.92 Å². The second-order valence-corrected chi connectivity index (χ2v) is 8.09. The number of ether oxygens (including phenoxy) is 2. The smallest absolute Gasteiger partial charge is 0.234 e. The van der Waals surface area contributed by atoms with E-state index in [4.69, 9.17) is 13.9 Å². The van der Waals surface area contributed by atoms with E-state index in [1.54, 1.807) is 18.4 Å². The Balaban J connectivity index is 1.72. The summed E-state index contributed by atoms with van der Waals surface area (Å²) < 4.78 is 18.6. The van der Waals surface area contributed by atoms with Gasteiger partial charge in [-0.3, -0.25) is 9.36 Å². The lowest BCUT2D eigenvalue weighted by molar-refractivity contribution is -0.113. The van der Waals surface area contributed by atoms with E-state index >= 15 is 0 Å². The number of rotatable bonds is 11. The summed E-state index contributed by atoms with van der Waals surface area (Å²) >= 11 is 1.33. The number of nitrogens with one attached hydrogen (secondary N) is 1. The number of amides is 1. The number of hydrogen-bond acceptors (Lipinski definition) is 7. The van der Waals surface area contributed by atoms with Crippen LogP contribution in [0.25, 0.3) is 11.6 Å². The maximum Gasteiger partial charge on any atom is 0.234 e. The Morgan fingerprint density at radius 3 is 2.68 bits per heavy atom. The van der Waals surface area contributed by atoms with Crippen LogP contribution in [0.4, 0.5) is 5.69 Å². The molecule has 0 fully saturated rings. The first kappa shape index (κ1) is 22.7. The Morgan fingerprint density at radius 2 is 2.00 bits per heavy atom. The number of aromatic nitrogens is 3. The lowest BCUT2D eigenvalue weighted by Gasteiger charge is -2.14. The van der Waals surface area contributed by atoms with Crippen LogP contribution in [0.2, 0.25) is 0 Å². The predicted octanol–water partition coefficient (Wildman–Crippen LogP) is 4.72.